The van der Waals surface area contributed by atoms with Crippen molar-refractivity contribution < 1.29 is 23.7 Å². The average molecular weight is 389 g/mol. The van der Waals surface area contributed by atoms with Gasteiger partial charge < -0.3 is 18.9 Å². The second kappa shape index (κ2) is 5.52. The number of piperidine rings is 1. The molecule has 5 saturated heterocycles. The van der Waals surface area contributed by atoms with Crippen molar-refractivity contribution >= 4 is 5.97 Å². The van der Waals surface area contributed by atoms with Gasteiger partial charge >= 0.3 is 5.97 Å². The van der Waals surface area contributed by atoms with E-state index in [-0.39, 0.29) is 23.5 Å². The molecule has 0 aromatic heterocycles. The third-order valence-corrected chi connectivity index (χ3v) is 8.92. The fourth-order valence-corrected chi connectivity index (χ4v) is 8.05. The molecule has 6 heterocycles. The van der Waals surface area contributed by atoms with Gasteiger partial charge in [-0.25, -0.2) is 4.79 Å². The highest BCUT2D eigenvalue weighted by Gasteiger charge is 2.83. The van der Waals surface area contributed by atoms with Crippen LogP contribution < -0.4 is 0 Å². The molecule has 5 fully saturated rings. The zero-order chi connectivity index (χ0) is 19.4. The first-order chi connectivity index (χ1) is 13.5. The number of nitrogens with zero attached hydrogens (tertiary/aromatic N) is 1. The van der Waals surface area contributed by atoms with Gasteiger partial charge in [0.1, 0.15) is 11.9 Å². The van der Waals surface area contributed by atoms with Crippen LogP contribution in [0.5, 0.6) is 0 Å². The van der Waals surface area contributed by atoms with Crippen molar-refractivity contribution in [1.82, 2.24) is 4.90 Å². The molecule has 1 unspecified atom stereocenters. The summed E-state index contributed by atoms with van der Waals surface area (Å²) < 4.78 is 25.0. The van der Waals surface area contributed by atoms with Gasteiger partial charge in [-0.05, 0) is 38.6 Å². The fraction of sp³-hybridized carbons (Fsp3) is 0.864. The molecule has 6 rings (SSSR count). The van der Waals surface area contributed by atoms with E-state index in [0.717, 1.165) is 12.8 Å². The number of unbranched alkanes of at least 4 members (excludes halogenated alkanes) is 1. The number of methoxy groups -OCH3 is 1. The minimum Gasteiger partial charge on any atom is -0.496 e. The fourth-order valence-electron chi connectivity index (χ4n) is 8.05. The van der Waals surface area contributed by atoms with E-state index in [1.165, 1.54) is 25.8 Å². The molecule has 6 nitrogen and oxygen atoms in total. The van der Waals surface area contributed by atoms with Gasteiger partial charge in [0.15, 0.2) is 11.9 Å². The van der Waals surface area contributed by atoms with Gasteiger partial charge in [0.2, 0.25) is 0 Å². The van der Waals surface area contributed by atoms with Crippen molar-refractivity contribution in [3.63, 3.8) is 0 Å². The van der Waals surface area contributed by atoms with Crippen LogP contribution in [0.1, 0.15) is 52.9 Å². The van der Waals surface area contributed by atoms with Crippen LogP contribution in [0.3, 0.4) is 0 Å². The number of carbonyl (C=O) groups excluding carboxylic acids is 1. The van der Waals surface area contributed by atoms with Crippen LogP contribution in [-0.2, 0) is 23.7 Å². The second-order valence-corrected chi connectivity index (χ2v) is 9.75. The smallest absolute Gasteiger partial charge is 0.338 e. The van der Waals surface area contributed by atoms with E-state index in [0.29, 0.717) is 35.3 Å². The Morgan fingerprint density at radius 1 is 1.32 bits per heavy atom. The maximum absolute atomic E-state index is 12.2. The summed E-state index contributed by atoms with van der Waals surface area (Å²) in [6, 6.07) is 0.530. The molecule has 0 N–H and O–H groups in total. The third-order valence-electron chi connectivity index (χ3n) is 8.92. The van der Waals surface area contributed by atoms with E-state index in [2.05, 4.69) is 18.7 Å². The molecular weight excluding hydrogens is 358 g/mol. The van der Waals surface area contributed by atoms with Crippen LogP contribution in [0.15, 0.2) is 11.3 Å². The molecule has 6 aliphatic rings. The molecule has 28 heavy (non-hydrogen) atoms. The number of carbonyl (C=O) groups is 1. The predicted molar refractivity (Wildman–Crippen MR) is 100 cm³/mol. The largest absolute Gasteiger partial charge is 0.496 e. The minimum atomic E-state index is -0.500. The number of cyclic esters (lactones) is 1. The Hall–Kier alpha value is -1.11. The third kappa shape index (κ3) is 1.72. The quantitative estimate of drug-likeness (QED) is 0.674. The maximum Gasteiger partial charge on any atom is 0.338 e. The number of hydrogen-bond donors (Lipinski definition) is 0. The zero-order valence-electron chi connectivity index (χ0n) is 17.3. The van der Waals surface area contributed by atoms with Crippen molar-refractivity contribution in [3.8, 4) is 0 Å². The summed E-state index contributed by atoms with van der Waals surface area (Å²) >= 11 is 0. The summed E-state index contributed by atoms with van der Waals surface area (Å²) in [4.78, 5) is 15.0. The number of ether oxygens (including phenoxy) is 4. The molecule has 0 saturated carbocycles. The predicted octanol–water partition coefficient (Wildman–Crippen LogP) is 2.62. The summed E-state index contributed by atoms with van der Waals surface area (Å²) in [6.45, 7) is 7.49. The Morgan fingerprint density at radius 3 is 2.89 bits per heavy atom. The normalized spacial score (nSPS) is 55.4. The first kappa shape index (κ1) is 17.7. The molecule has 6 heteroatoms. The first-order valence-electron chi connectivity index (χ1n) is 11.1. The van der Waals surface area contributed by atoms with Crippen LogP contribution in [0, 0.1) is 17.8 Å². The molecule has 6 aliphatic heterocycles. The van der Waals surface area contributed by atoms with Gasteiger partial charge in [-0.15, -0.1) is 0 Å². The van der Waals surface area contributed by atoms with Crippen molar-refractivity contribution in [3.05, 3.63) is 11.3 Å². The molecule has 0 aromatic carbocycles. The van der Waals surface area contributed by atoms with Crippen molar-refractivity contribution in [2.24, 2.45) is 17.8 Å². The second-order valence-electron chi connectivity index (χ2n) is 9.75. The lowest BCUT2D eigenvalue weighted by Crippen LogP contribution is -2.61. The van der Waals surface area contributed by atoms with E-state index in [1.54, 1.807) is 14.0 Å². The van der Waals surface area contributed by atoms with Crippen LogP contribution in [0.4, 0.5) is 0 Å². The summed E-state index contributed by atoms with van der Waals surface area (Å²) in [6.07, 6.45) is 5.60. The standard InChI is InChI=1S/C22H31NO5/c1-5-6-8-21-14-7-9-23(21)13-10-15(21)27-22(14)16(13)11(2)18(28-22)19-17(25-4)12(3)20(24)26-19/h11,13-16,18-19H,5-10H2,1-4H3/t11-,13-,14+,15-,16+,18-,19+,21-,22+/m0/s1. The minimum absolute atomic E-state index is 0.175. The molecule has 0 amide bonds. The highest BCUT2D eigenvalue weighted by molar-refractivity contribution is 5.91. The van der Waals surface area contributed by atoms with E-state index in [1.807, 2.05) is 0 Å². The Labute approximate surface area is 166 Å². The van der Waals surface area contributed by atoms with E-state index < -0.39 is 11.9 Å². The van der Waals surface area contributed by atoms with Gasteiger partial charge in [-0.2, -0.15) is 0 Å². The zero-order valence-corrected chi connectivity index (χ0v) is 17.3. The summed E-state index contributed by atoms with van der Waals surface area (Å²) in [5.41, 5.74) is 0.739. The van der Waals surface area contributed by atoms with Crippen molar-refractivity contribution in [1.29, 1.82) is 0 Å². The molecule has 0 radical (unpaired) electrons. The summed E-state index contributed by atoms with van der Waals surface area (Å²) in [7, 11) is 1.62. The first-order valence-corrected chi connectivity index (χ1v) is 11.1. The van der Waals surface area contributed by atoms with Gasteiger partial charge in [0.05, 0.1) is 24.3 Å². The van der Waals surface area contributed by atoms with Gasteiger partial charge in [-0.1, -0.05) is 26.7 Å². The SMILES string of the molecule is CCCC[C@@]12[C@@H]3C[C@H]4[C@H]5[C@H](C)[C@@H]([C@@H]6OC(=O)C(C)=C6OC)O[C@]5(O3)[C@@H]1CCN42. The molecule has 10 atom stereocenters. The number of hydrogen-bond acceptors (Lipinski definition) is 6. The highest BCUT2D eigenvalue weighted by atomic mass is 16.7. The van der Waals surface area contributed by atoms with Crippen LogP contribution in [0.2, 0.25) is 0 Å². The lowest BCUT2D eigenvalue weighted by atomic mass is 9.69. The van der Waals surface area contributed by atoms with E-state index in [4.69, 9.17) is 18.9 Å². The van der Waals surface area contributed by atoms with Crippen molar-refractivity contribution in [2.75, 3.05) is 13.7 Å². The Bertz CT molecular complexity index is 766. The van der Waals surface area contributed by atoms with E-state index >= 15 is 0 Å². The molecule has 154 valence electrons. The molecule has 5 bridgehead atoms. The van der Waals surface area contributed by atoms with Gasteiger partial charge in [0.25, 0.3) is 0 Å². The van der Waals surface area contributed by atoms with E-state index in [9.17, 15) is 4.79 Å². The van der Waals surface area contributed by atoms with Gasteiger partial charge in [-0.3, -0.25) is 4.90 Å². The average Bonchev–Trinajstić information content (AvgIpc) is 3.38. The summed E-state index contributed by atoms with van der Waals surface area (Å²) in [5.74, 6) is 0.872. The molecule has 1 spiro atoms. The Balaban J connectivity index is 1.39. The lowest BCUT2D eigenvalue weighted by Gasteiger charge is -2.49. The van der Waals surface area contributed by atoms with Crippen LogP contribution >= 0.6 is 0 Å². The number of rotatable bonds is 5. The Morgan fingerprint density at radius 2 is 2.14 bits per heavy atom. The van der Waals surface area contributed by atoms with Crippen molar-refractivity contribution in [2.45, 2.75) is 88.6 Å². The van der Waals surface area contributed by atoms with Crippen LogP contribution in [0.25, 0.3) is 0 Å². The topological polar surface area (TPSA) is 57.2 Å². The number of fused-ring (bicyclic) bond motifs is 1. The van der Waals surface area contributed by atoms with Gasteiger partial charge in [0, 0.05) is 17.9 Å². The molecule has 0 aromatic rings. The maximum atomic E-state index is 12.2. The molecule has 0 aliphatic carbocycles. The number of esters is 1. The summed E-state index contributed by atoms with van der Waals surface area (Å²) in [5, 5.41) is 0. The monoisotopic (exact) mass is 389 g/mol. The lowest BCUT2D eigenvalue weighted by molar-refractivity contribution is -0.280. The highest BCUT2D eigenvalue weighted by Crippen LogP contribution is 2.72. The Kier molecular flexibility index (Phi) is 3.50. The molecular formula is C22H31NO5. The van der Waals surface area contributed by atoms with Crippen LogP contribution in [-0.4, -0.2) is 60.2 Å².